The Labute approximate surface area is 146 Å². The minimum atomic E-state index is -0.274. The number of hydrogen-bond acceptors (Lipinski definition) is 6. The van der Waals surface area contributed by atoms with E-state index in [2.05, 4.69) is 30.8 Å². The molecular weight excluding hydrogens is 320 g/mol. The van der Waals surface area contributed by atoms with E-state index in [1.165, 1.54) is 0 Å². The van der Waals surface area contributed by atoms with Crippen molar-refractivity contribution >= 4 is 23.4 Å². The highest BCUT2D eigenvalue weighted by molar-refractivity contribution is 5.89. The molecule has 0 radical (unpaired) electrons. The lowest BCUT2D eigenvalue weighted by Crippen LogP contribution is -2.36. The Bertz CT molecular complexity index is 701. The van der Waals surface area contributed by atoms with Crippen molar-refractivity contribution < 1.29 is 9.53 Å². The average molecular weight is 342 g/mol. The molecule has 132 valence electrons. The van der Waals surface area contributed by atoms with Crippen LogP contribution in [0.3, 0.4) is 0 Å². The molecule has 1 aliphatic heterocycles. The fraction of sp³-hybridized carbons (Fsp3) is 0.353. The largest absolute Gasteiger partial charge is 0.378 e. The van der Waals surface area contributed by atoms with Gasteiger partial charge < -0.3 is 25.6 Å². The van der Waals surface area contributed by atoms with Gasteiger partial charge in [-0.15, -0.1) is 0 Å². The first-order chi connectivity index (χ1) is 12.2. The topological polar surface area (TPSA) is 91.4 Å². The summed E-state index contributed by atoms with van der Waals surface area (Å²) < 4.78 is 5.36. The molecule has 8 heteroatoms. The first-order valence-corrected chi connectivity index (χ1v) is 8.21. The molecule has 1 aliphatic rings. The molecule has 2 amide bonds. The van der Waals surface area contributed by atoms with Gasteiger partial charge in [-0.05, 0) is 29.8 Å². The Hall–Kier alpha value is -2.87. The number of morpholine rings is 1. The molecule has 3 rings (SSSR count). The molecule has 25 heavy (non-hydrogen) atoms. The van der Waals surface area contributed by atoms with Crippen molar-refractivity contribution in [2.45, 2.75) is 6.54 Å². The smallest absolute Gasteiger partial charge is 0.319 e. The lowest BCUT2D eigenvalue weighted by molar-refractivity contribution is 0.122. The van der Waals surface area contributed by atoms with Crippen molar-refractivity contribution in [3.63, 3.8) is 0 Å². The van der Waals surface area contributed by atoms with Gasteiger partial charge in [0.2, 0.25) is 0 Å². The normalized spacial score (nSPS) is 14.0. The Morgan fingerprint density at radius 3 is 2.80 bits per heavy atom. The Morgan fingerprint density at radius 1 is 1.24 bits per heavy atom. The highest BCUT2D eigenvalue weighted by atomic mass is 16.5. The van der Waals surface area contributed by atoms with Crippen LogP contribution in [0.2, 0.25) is 0 Å². The van der Waals surface area contributed by atoms with Crippen molar-refractivity contribution in [3.05, 3.63) is 42.2 Å². The zero-order chi connectivity index (χ0) is 17.5. The minimum absolute atomic E-state index is 0.274. The van der Waals surface area contributed by atoms with Crippen LogP contribution in [0.1, 0.15) is 5.56 Å². The lowest BCUT2D eigenvalue weighted by Gasteiger charge is -2.28. The molecule has 3 heterocycles. The molecule has 0 aromatic carbocycles. The summed E-state index contributed by atoms with van der Waals surface area (Å²) in [6.07, 6.45) is 3.37. The summed E-state index contributed by atoms with van der Waals surface area (Å²) in [5, 5.41) is 8.53. The van der Waals surface area contributed by atoms with E-state index >= 15 is 0 Å². The van der Waals surface area contributed by atoms with E-state index in [-0.39, 0.29) is 6.03 Å². The van der Waals surface area contributed by atoms with Gasteiger partial charge >= 0.3 is 6.03 Å². The van der Waals surface area contributed by atoms with Crippen LogP contribution in [0.25, 0.3) is 0 Å². The summed E-state index contributed by atoms with van der Waals surface area (Å²) in [4.78, 5) is 22.8. The predicted octanol–water partition coefficient (Wildman–Crippen LogP) is 1.68. The first-order valence-electron chi connectivity index (χ1n) is 8.21. The van der Waals surface area contributed by atoms with Crippen LogP contribution in [0, 0.1) is 0 Å². The number of amides is 2. The number of carbonyl (C=O) groups excluding carboxylic acids is 1. The van der Waals surface area contributed by atoms with Gasteiger partial charge in [-0.2, -0.15) is 0 Å². The summed E-state index contributed by atoms with van der Waals surface area (Å²) >= 11 is 0. The second-order valence-corrected chi connectivity index (χ2v) is 5.61. The van der Waals surface area contributed by atoms with Gasteiger partial charge in [0.25, 0.3) is 0 Å². The fourth-order valence-electron chi connectivity index (χ4n) is 2.51. The van der Waals surface area contributed by atoms with Crippen molar-refractivity contribution in [1.29, 1.82) is 0 Å². The number of nitrogens with zero attached hydrogens (tertiary/aromatic N) is 3. The molecule has 0 saturated carbocycles. The van der Waals surface area contributed by atoms with Crippen molar-refractivity contribution in [3.8, 4) is 0 Å². The molecule has 0 spiro atoms. The highest BCUT2D eigenvalue weighted by Gasteiger charge is 2.12. The number of aromatic nitrogens is 2. The third kappa shape index (κ3) is 4.80. The Balaban J connectivity index is 1.52. The molecule has 3 N–H and O–H groups in total. The molecule has 1 fully saturated rings. The molecule has 8 nitrogen and oxygen atoms in total. The van der Waals surface area contributed by atoms with Crippen LogP contribution in [0.15, 0.2) is 36.7 Å². The maximum Gasteiger partial charge on any atom is 0.319 e. The second kappa shape index (κ2) is 8.29. The van der Waals surface area contributed by atoms with Crippen molar-refractivity contribution in [2.75, 3.05) is 48.9 Å². The van der Waals surface area contributed by atoms with E-state index in [4.69, 9.17) is 4.74 Å². The van der Waals surface area contributed by atoms with E-state index < -0.39 is 0 Å². The van der Waals surface area contributed by atoms with Crippen LogP contribution in [-0.2, 0) is 11.3 Å². The third-order valence-corrected chi connectivity index (χ3v) is 3.88. The van der Waals surface area contributed by atoms with Gasteiger partial charge in [-0.3, -0.25) is 0 Å². The summed E-state index contributed by atoms with van der Waals surface area (Å²) in [5.41, 5.74) is 1.63. The molecule has 2 aromatic heterocycles. The zero-order valence-electron chi connectivity index (χ0n) is 14.2. The van der Waals surface area contributed by atoms with E-state index in [1.54, 1.807) is 31.6 Å². The second-order valence-electron chi connectivity index (χ2n) is 5.61. The van der Waals surface area contributed by atoms with Crippen LogP contribution in [0.4, 0.5) is 22.1 Å². The van der Waals surface area contributed by atoms with Gasteiger partial charge in [0, 0.05) is 32.9 Å². The molecule has 0 aliphatic carbocycles. The summed E-state index contributed by atoms with van der Waals surface area (Å²) in [6.45, 7) is 3.52. The summed E-state index contributed by atoms with van der Waals surface area (Å²) in [6, 6.07) is 7.21. The maximum atomic E-state index is 12.0. The zero-order valence-corrected chi connectivity index (χ0v) is 14.2. The minimum Gasteiger partial charge on any atom is -0.378 e. The maximum absolute atomic E-state index is 12.0. The van der Waals surface area contributed by atoms with Crippen LogP contribution >= 0.6 is 0 Å². The number of carbonyl (C=O) groups is 1. The summed E-state index contributed by atoms with van der Waals surface area (Å²) in [5.74, 6) is 1.66. The number of anilines is 3. The lowest BCUT2D eigenvalue weighted by atomic mass is 10.2. The molecule has 1 saturated heterocycles. The van der Waals surface area contributed by atoms with Gasteiger partial charge in [0.05, 0.1) is 25.1 Å². The quantitative estimate of drug-likeness (QED) is 0.766. The third-order valence-electron chi connectivity index (χ3n) is 3.88. The predicted molar refractivity (Wildman–Crippen MR) is 96.9 cm³/mol. The van der Waals surface area contributed by atoms with E-state index in [0.29, 0.717) is 25.4 Å². The SMILES string of the molecule is CNc1ccc(NC(=O)NCc2ccnc(N3CCOCC3)c2)cn1. The van der Waals surface area contributed by atoms with Crippen molar-refractivity contribution in [2.24, 2.45) is 0 Å². The monoisotopic (exact) mass is 342 g/mol. The van der Waals surface area contributed by atoms with Gasteiger partial charge in [0.15, 0.2) is 0 Å². The van der Waals surface area contributed by atoms with Gasteiger partial charge in [-0.1, -0.05) is 0 Å². The van der Waals surface area contributed by atoms with E-state index in [1.807, 2.05) is 12.1 Å². The molecular formula is C17H22N6O2. The number of pyridine rings is 2. The van der Waals surface area contributed by atoms with Crippen LogP contribution in [-0.4, -0.2) is 49.4 Å². The Kier molecular flexibility index (Phi) is 5.63. The van der Waals surface area contributed by atoms with Crippen LogP contribution < -0.4 is 20.9 Å². The average Bonchev–Trinajstić information content (AvgIpc) is 2.68. The molecule has 0 bridgehead atoms. The van der Waals surface area contributed by atoms with E-state index in [9.17, 15) is 4.79 Å². The molecule has 2 aromatic rings. The molecule has 0 atom stereocenters. The molecule has 0 unspecified atom stereocenters. The number of urea groups is 1. The van der Waals surface area contributed by atoms with Gasteiger partial charge in [-0.25, -0.2) is 14.8 Å². The summed E-state index contributed by atoms with van der Waals surface area (Å²) in [7, 11) is 1.79. The van der Waals surface area contributed by atoms with E-state index in [0.717, 1.165) is 30.3 Å². The highest BCUT2D eigenvalue weighted by Crippen LogP contribution is 2.14. The first kappa shape index (κ1) is 17.0. The van der Waals surface area contributed by atoms with Crippen LogP contribution in [0.5, 0.6) is 0 Å². The van der Waals surface area contributed by atoms with Crippen molar-refractivity contribution in [1.82, 2.24) is 15.3 Å². The number of rotatable bonds is 5. The number of hydrogen-bond donors (Lipinski definition) is 3. The Morgan fingerprint density at radius 2 is 2.08 bits per heavy atom. The fourth-order valence-corrected chi connectivity index (χ4v) is 2.51. The standard InChI is InChI=1S/C17H22N6O2/c1-18-15-3-2-14(12-20-15)22-17(24)21-11-13-4-5-19-16(10-13)23-6-8-25-9-7-23/h2-5,10,12H,6-9,11H2,1H3,(H,18,20)(H2,21,22,24). The van der Waals surface area contributed by atoms with Gasteiger partial charge in [0.1, 0.15) is 11.6 Å². The number of ether oxygens (including phenoxy) is 1. The number of nitrogens with one attached hydrogen (secondary N) is 3.